The van der Waals surface area contributed by atoms with Crippen LogP contribution in [0.4, 0.5) is 8.78 Å². The first-order valence-electron chi connectivity index (χ1n) is 5.58. The molecular weight excluding hydrogens is 318 g/mol. The van der Waals surface area contributed by atoms with E-state index in [1.807, 2.05) is 0 Å². The van der Waals surface area contributed by atoms with Crippen LogP contribution >= 0.6 is 15.9 Å². The molecule has 0 radical (unpaired) electrons. The van der Waals surface area contributed by atoms with Gasteiger partial charge >= 0.3 is 0 Å². The van der Waals surface area contributed by atoms with Gasteiger partial charge in [0.25, 0.3) is 0 Å². The molecule has 0 aliphatic heterocycles. The fourth-order valence-electron chi connectivity index (χ4n) is 1.63. The number of rotatable bonds is 3. The molecule has 19 heavy (non-hydrogen) atoms. The van der Waals surface area contributed by atoms with E-state index in [4.69, 9.17) is 4.74 Å². The molecule has 2 aromatic rings. The molecule has 0 spiro atoms. The zero-order valence-electron chi connectivity index (χ0n) is 10.0. The Bertz CT molecular complexity index is 600. The van der Waals surface area contributed by atoms with Crippen LogP contribution in [0.3, 0.4) is 0 Å². The predicted molar refractivity (Wildman–Crippen MR) is 71.2 cm³/mol. The van der Waals surface area contributed by atoms with Gasteiger partial charge in [-0.1, -0.05) is 12.1 Å². The predicted octanol–water partition coefficient (Wildman–Crippen LogP) is 4.57. The van der Waals surface area contributed by atoms with Crippen molar-refractivity contribution in [1.29, 1.82) is 0 Å². The number of para-hydroxylation sites is 1. The molecule has 1 N–H and O–H groups in total. The third-order valence-electron chi connectivity index (χ3n) is 2.55. The third kappa shape index (κ3) is 3.11. The number of hydrogen-bond donors (Lipinski definition) is 1. The second-order valence-electron chi connectivity index (χ2n) is 4.01. The van der Waals surface area contributed by atoms with Crippen LogP contribution in [-0.4, -0.2) is 5.11 Å². The lowest BCUT2D eigenvalue weighted by atomic mass is 10.1. The second-order valence-corrected chi connectivity index (χ2v) is 4.87. The summed E-state index contributed by atoms with van der Waals surface area (Å²) in [6.45, 7) is 1.52. The molecule has 0 amide bonds. The topological polar surface area (TPSA) is 29.5 Å². The molecule has 2 nitrogen and oxygen atoms in total. The lowest BCUT2D eigenvalue weighted by Crippen LogP contribution is -1.99. The molecule has 100 valence electrons. The summed E-state index contributed by atoms with van der Waals surface area (Å²) in [6, 6.07) is 8.11. The van der Waals surface area contributed by atoms with E-state index in [-0.39, 0.29) is 11.5 Å². The van der Waals surface area contributed by atoms with Crippen molar-refractivity contribution in [3.05, 3.63) is 58.1 Å². The Hall–Kier alpha value is -1.46. The first-order chi connectivity index (χ1) is 8.99. The fraction of sp³-hybridized carbons (Fsp3) is 0.143. The summed E-state index contributed by atoms with van der Waals surface area (Å²) >= 11 is 3.14. The molecule has 0 aliphatic carbocycles. The van der Waals surface area contributed by atoms with Gasteiger partial charge in [0.1, 0.15) is 11.6 Å². The van der Waals surface area contributed by atoms with E-state index in [1.54, 1.807) is 6.07 Å². The monoisotopic (exact) mass is 328 g/mol. The number of ether oxygens (including phenoxy) is 1. The molecule has 0 saturated carbocycles. The summed E-state index contributed by atoms with van der Waals surface area (Å²) < 4.78 is 32.6. The van der Waals surface area contributed by atoms with Crippen molar-refractivity contribution in [3.63, 3.8) is 0 Å². The van der Waals surface area contributed by atoms with Gasteiger partial charge in [-0.05, 0) is 47.1 Å². The maximum Gasteiger partial charge on any atom is 0.168 e. The molecule has 2 aromatic carbocycles. The van der Waals surface area contributed by atoms with Crippen molar-refractivity contribution in [2.45, 2.75) is 13.0 Å². The van der Waals surface area contributed by atoms with Gasteiger partial charge in [-0.25, -0.2) is 8.78 Å². The largest absolute Gasteiger partial charge is 0.453 e. The minimum Gasteiger partial charge on any atom is -0.453 e. The van der Waals surface area contributed by atoms with Crippen LogP contribution in [0, 0.1) is 11.6 Å². The quantitative estimate of drug-likeness (QED) is 0.894. The van der Waals surface area contributed by atoms with E-state index < -0.39 is 17.7 Å². The van der Waals surface area contributed by atoms with Crippen LogP contribution in [0.25, 0.3) is 0 Å². The van der Waals surface area contributed by atoms with Crippen LogP contribution in [0.15, 0.2) is 40.9 Å². The van der Waals surface area contributed by atoms with Gasteiger partial charge in [0.2, 0.25) is 0 Å². The van der Waals surface area contributed by atoms with Gasteiger partial charge in [-0.3, -0.25) is 0 Å². The van der Waals surface area contributed by atoms with Crippen LogP contribution in [0.2, 0.25) is 0 Å². The highest BCUT2D eigenvalue weighted by molar-refractivity contribution is 9.10. The van der Waals surface area contributed by atoms with Crippen LogP contribution in [0.5, 0.6) is 11.5 Å². The Morgan fingerprint density at radius 2 is 1.95 bits per heavy atom. The first-order valence-corrected chi connectivity index (χ1v) is 6.37. The maximum absolute atomic E-state index is 13.8. The molecule has 0 heterocycles. The highest BCUT2D eigenvalue weighted by atomic mass is 79.9. The first kappa shape index (κ1) is 14.0. The molecule has 1 atom stereocenters. The summed E-state index contributed by atoms with van der Waals surface area (Å²) in [5.74, 6) is -0.809. The van der Waals surface area contributed by atoms with Crippen molar-refractivity contribution < 1.29 is 18.6 Å². The maximum atomic E-state index is 13.8. The lowest BCUT2D eigenvalue weighted by Gasteiger charge is -2.14. The Morgan fingerprint density at radius 3 is 2.58 bits per heavy atom. The molecule has 0 unspecified atom stereocenters. The zero-order chi connectivity index (χ0) is 14.0. The standard InChI is InChI=1S/C14H11BrF2O2/c1-8(18)10-3-2-4-12(17)14(10)19-13-6-5-9(16)7-11(13)15/h2-8,18H,1H3/t8-/m0/s1. The molecule has 0 saturated heterocycles. The zero-order valence-corrected chi connectivity index (χ0v) is 11.6. The van der Waals surface area contributed by atoms with Crippen molar-refractivity contribution in [3.8, 4) is 11.5 Å². The summed E-state index contributed by atoms with van der Waals surface area (Å²) in [5, 5.41) is 9.60. The summed E-state index contributed by atoms with van der Waals surface area (Å²) in [7, 11) is 0. The highest BCUT2D eigenvalue weighted by Crippen LogP contribution is 2.35. The van der Waals surface area contributed by atoms with Crippen molar-refractivity contribution in [2.75, 3.05) is 0 Å². The van der Waals surface area contributed by atoms with Gasteiger partial charge in [-0.2, -0.15) is 0 Å². The van der Waals surface area contributed by atoms with Gasteiger partial charge < -0.3 is 9.84 Å². The van der Waals surface area contributed by atoms with E-state index in [9.17, 15) is 13.9 Å². The van der Waals surface area contributed by atoms with Gasteiger partial charge in [0, 0.05) is 5.56 Å². The highest BCUT2D eigenvalue weighted by Gasteiger charge is 2.16. The third-order valence-corrected chi connectivity index (χ3v) is 3.17. The molecule has 2 rings (SSSR count). The number of halogens is 3. The molecule has 0 bridgehead atoms. The minimum atomic E-state index is -0.870. The van der Waals surface area contributed by atoms with Gasteiger partial charge in [-0.15, -0.1) is 0 Å². The minimum absolute atomic E-state index is 0.0650. The lowest BCUT2D eigenvalue weighted by molar-refractivity contribution is 0.194. The Kier molecular flexibility index (Phi) is 4.17. The van der Waals surface area contributed by atoms with E-state index >= 15 is 0 Å². The van der Waals surface area contributed by atoms with Crippen molar-refractivity contribution in [2.24, 2.45) is 0 Å². The van der Waals surface area contributed by atoms with E-state index in [0.29, 0.717) is 10.0 Å². The molecule has 0 aromatic heterocycles. The molecule has 0 aliphatic rings. The fourth-order valence-corrected chi connectivity index (χ4v) is 2.06. The summed E-state index contributed by atoms with van der Waals surface area (Å²) in [5.41, 5.74) is 0.330. The smallest absolute Gasteiger partial charge is 0.168 e. The number of aliphatic hydroxyl groups is 1. The number of aliphatic hydroxyl groups excluding tert-OH is 1. The van der Waals surface area contributed by atoms with E-state index in [1.165, 1.54) is 37.3 Å². The van der Waals surface area contributed by atoms with E-state index in [0.717, 1.165) is 0 Å². The second kappa shape index (κ2) is 5.67. The Balaban J connectivity index is 2.43. The Morgan fingerprint density at radius 1 is 1.21 bits per heavy atom. The SMILES string of the molecule is C[C@H](O)c1cccc(F)c1Oc1ccc(F)cc1Br. The normalized spacial score (nSPS) is 12.3. The van der Waals surface area contributed by atoms with Crippen LogP contribution in [0.1, 0.15) is 18.6 Å². The van der Waals surface area contributed by atoms with Crippen LogP contribution in [-0.2, 0) is 0 Å². The molecule has 5 heteroatoms. The number of hydrogen-bond acceptors (Lipinski definition) is 2. The Labute approximate surface area is 117 Å². The van der Waals surface area contributed by atoms with E-state index in [2.05, 4.69) is 15.9 Å². The van der Waals surface area contributed by atoms with Gasteiger partial charge in [0.05, 0.1) is 10.6 Å². The molecular formula is C14H11BrF2O2. The van der Waals surface area contributed by atoms with Crippen molar-refractivity contribution >= 4 is 15.9 Å². The summed E-state index contributed by atoms with van der Waals surface area (Å²) in [6.07, 6.45) is -0.870. The average molecular weight is 329 g/mol. The number of benzene rings is 2. The molecule has 0 fully saturated rings. The average Bonchev–Trinajstić information content (AvgIpc) is 2.34. The van der Waals surface area contributed by atoms with Crippen molar-refractivity contribution in [1.82, 2.24) is 0 Å². The van der Waals surface area contributed by atoms with Gasteiger partial charge in [0.15, 0.2) is 11.6 Å². The van der Waals surface area contributed by atoms with Crippen LogP contribution < -0.4 is 4.74 Å². The summed E-state index contributed by atoms with van der Waals surface area (Å²) in [4.78, 5) is 0.